The highest BCUT2D eigenvalue weighted by molar-refractivity contribution is 6.34. The molecular weight excluding hydrogens is 287 g/mol. The molecule has 0 aromatic carbocycles. The van der Waals surface area contributed by atoms with E-state index in [0.29, 0.717) is 16.8 Å². The number of likely N-dealkylation sites (tertiary alicyclic amines) is 1. The lowest BCUT2D eigenvalue weighted by atomic mass is 10.1. The number of nitrogens with zero attached hydrogens (tertiary/aromatic N) is 2. The highest BCUT2D eigenvalue weighted by atomic mass is 35.5. The lowest BCUT2D eigenvalue weighted by Gasteiger charge is -2.31. The monoisotopic (exact) mass is 304 g/mol. The standard InChI is InChI=1S/C13H18Cl2N2O2/c14-12-7-13(15)16-8-10(12)9-17-3-1-11(2-4-17)19-6-5-18/h7-8,11,18H,1-6,9H2. The van der Waals surface area contributed by atoms with E-state index >= 15 is 0 Å². The van der Waals surface area contributed by atoms with Gasteiger partial charge in [-0.3, -0.25) is 4.90 Å². The summed E-state index contributed by atoms with van der Waals surface area (Å²) < 4.78 is 5.54. The van der Waals surface area contributed by atoms with Gasteiger partial charge in [-0.2, -0.15) is 0 Å². The first-order chi connectivity index (χ1) is 9.19. The van der Waals surface area contributed by atoms with Crippen LogP contribution in [0.4, 0.5) is 0 Å². The number of piperidine rings is 1. The Labute approximate surface area is 123 Å². The third kappa shape index (κ3) is 4.58. The van der Waals surface area contributed by atoms with Crippen molar-refractivity contribution in [3.05, 3.63) is 28.0 Å². The average molecular weight is 305 g/mol. The van der Waals surface area contributed by atoms with Crippen LogP contribution < -0.4 is 0 Å². The van der Waals surface area contributed by atoms with Crippen LogP contribution in [0.25, 0.3) is 0 Å². The van der Waals surface area contributed by atoms with Gasteiger partial charge in [-0.15, -0.1) is 0 Å². The van der Waals surface area contributed by atoms with Crippen LogP contribution in [0.15, 0.2) is 12.3 Å². The normalized spacial score (nSPS) is 17.8. The fourth-order valence-corrected chi connectivity index (χ4v) is 2.67. The summed E-state index contributed by atoms with van der Waals surface area (Å²) in [5, 5.41) is 9.82. The maximum Gasteiger partial charge on any atom is 0.130 e. The van der Waals surface area contributed by atoms with Gasteiger partial charge in [-0.1, -0.05) is 23.2 Å². The SMILES string of the molecule is OCCOC1CCN(Cc2cnc(Cl)cc2Cl)CC1. The molecule has 4 nitrogen and oxygen atoms in total. The van der Waals surface area contributed by atoms with E-state index in [1.54, 1.807) is 12.3 Å². The van der Waals surface area contributed by atoms with Gasteiger partial charge in [-0.25, -0.2) is 4.98 Å². The van der Waals surface area contributed by atoms with Crippen molar-refractivity contribution in [3.8, 4) is 0 Å². The van der Waals surface area contributed by atoms with Gasteiger partial charge in [-0.05, 0) is 18.9 Å². The van der Waals surface area contributed by atoms with Crippen molar-refractivity contribution >= 4 is 23.2 Å². The number of hydrogen-bond acceptors (Lipinski definition) is 4. The van der Waals surface area contributed by atoms with E-state index in [2.05, 4.69) is 9.88 Å². The Morgan fingerprint density at radius 3 is 2.74 bits per heavy atom. The zero-order valence-electron chi connectivity index (χ0n) is 10.7. The van der Waals surface area contributed by atoms with E-state index in [-0.39, 0.29) is 12.7 Å². The number of aliphatic hydroxyl groups excluding tert-OH is 1. The Bertz CT molecular complexity index is 410. The van der Waals surface area contributed by atoms with Crippen LogP contribution in [0.5, 0.6) is 0 Å². The molecule has 6 heteroatoms. The maximum absolute atomic E-state index is 8.73. The Morgan fingerprint density at radius 2 is 2.11 bits per heavy atom. The van der Waals surface area contributed by atoms with Crippen molar-refractivity contribution in [2.75, 3.05) is 26.3 Å². The average Bonchev–Trinajstić information content (AvgIpc) is 2.41. The molecule has 1 fully saturated rings. The topological polar surface area (TPSA) is 45.6 Å². The third-order valence-corrected chi connectivity index (χ3v) is 3.83. The highest BCUT2D eigenvalue weighted by Gasteiger charge is 2.20. The molecule has 106 valence electrons. The van der Waals surface area contributed by atoms with Crippen molar-refractivity contribution < 1.29 is 9.84 Å². The predicted octanol–water partition coefficient (Wildman–Crippen LogP) is 2.36. The number of aliphatic hydroxyl groups is 1. The molecule has 2 heterocycles. The van der Waals surface area contributed by atoms with E-state index in [0.717, 1.165) is 38.0 Å². The third-order valence-electron chi connectivity index (χ3n) is 3.27. The molecule has 1 aliphatic heterocycles. The van der Waals surface area contributed by atoms with Crippen molar-refractivity contribution in [3.63, 3.8) is 0 Å². The minimum atomic E-state index is 0.0895. The fraction of sp³-hybridized carbons (Fsp3) is 0.615. The van der Waals surface area contributed by atoms with Crippen molar-refractivity contribution in [2.24, 2.45) is 0 Å². The van der Waals surface area contributed by atoms with Gasteiger partial charge in [0.15, 0.2) is 0 Å². The number of ether oxygens (including phenoxy) is 1. The molecule has 0 spiro atoms. The Kier molecular flexibility index (Phi) is 5.85. The molecule has 0 radical (unpaired) electrons. The van der Waals surface area contributed by atoms with Gasteiger partial charge in [0.1, 0.15) is 5.15 Å². The van der Waals surface area contributed by atoms with Crippen LogP contribution in [0.2, 0.25) is 10.2 Å². The van der Waals surface area contributed by atoms with Gasteiger partial charge in [0.2, 0.25) is 0 Å². The van der Waals surface area contributed by atoms with Crippen LogP contribution in [0.1, 0.15) is 18.4 Å². The number of pyridine rings is 1. The molecule has 0 unspecified atom stereocenters. The van der Waals surface area contributed by atoms with Crippen LogP contribution in [0, 0.1) is 0 Å². The minimum absolute atomic E-state index is 0.0895. The first kappa shape index (κ1) is 15.0. The summed E-state index contributed by atoms with van der Waals surface area (Å²) in [5.41, 5.74) is 1.00. The first-order valence-corrected chi connectivity index (χ1v) is 7.19. The Hall–Kier alpha value is -0.390. The fourth-order valence-electron chi connectivity index (χ4n) is 2.25. The van der Waals surface area contributed by atoms with Gasteiger partial charge >= 0.3 is 0 Å². The number of aromatic nitrogens is 1. The summed E-state index contributed by atoms with van der Waals surface area (Å²) in [6.07, 6.45) is 3.97. The van der Waals surface area contributed by atoms with E-state index in [4.69, 9.17) is 33.0 Å². The first-order valence-electron chi connectivity index (χ1n) is 6.44. The lowest BCUT2D eigenvalue weighted by molar-refractivity contribution is -0.00902. The van der Waals surface area contributed by atoms with Crippen LogP contribution in [-0.4, -0.2) is 47.4 Å². The molecule has 1 N–H and O–H groups in total. The van der Waals surface area contributed by atoms with Gasteiger partial charge in [0, 0.05) is 36.4 Å². The van der Waals surface area contributed by atoms with Gasteiger partial charge in [0.05, 0.1) is 19.3 Å². The summed E-state index contributed by atoms with van der Waals surface area (Å²) in [5.74, 6) is 0. The molecule has 1 saturated heterocycles. The highest BCUT2D eigenvalue weighted by Crippen LogP contribution is 2.22. The Morgan fingerprint density at radius 1 is 1.37 bits per heavy atom. The summed E-state index contributed by atoms with van der Waals surface area (Å²) in [4.78, 5) is 6.39. The largest absolute Gasteiger partial charge is 0.394 e. The second kappa shape index (κ2) is 7.41. The molecule has 0 aliphatic carbocycles. The molecule has 1 aromatic heterocycles. The molecule has 1 aromatic rings. The Balaban J connectivity index is 1.82. The number of hydrogen-bond donors (Lipinski definition) is 1. The lowest BCUT2D eigenvalue weighted by Crippen LogP contribution is -2.37. The van der Waals surface area contributed by atoms with E-state index in [1.165, 1.54) is 0 Å². The molecular formula is C13H18Cl2N2O2. The van der Waals surface area contributed by atoms with E-state index < -0.39 is 0 Å². The van der Waals surface area contributed by atoms with Crippen LogP contribution >= 0.6 is 23.2 Å². The van der Waals surface area contributed by atoms with Crippen molar-refractivity contribution in [1.29, 1.82) is 0 Å². The smallest absolute Gasteiger partial charge is 0.130 e. The predicted molar refractivity (Wildman–Crippen MR) is 75.6 cm³/mol. The van der Waals surface area contributed by atoms with Gasteiger partial charge < -0.3 is 9.84 Å². The molecule has 0 saturated carbocycles. The van der Waals surface area contributed by atoms with Crippen LogP contribution in [0.3, 0.4) is 0 Å². The summed E-state index contributed by atoms with van der Waals surface area (Å²) in [6, 6.07) is 1.68. The molecule has 0 atom stereocenters. The van der Waals surface area contributed by atoms with Crippen molar-refractivity contribution in [1.82, 2.24) is 9.88 Å². The molecule has 19 heavy (non-hydrogen) atoms. The van der Waals surface area contributed by atoms with E-state index in [1.807, 2.05) is 0 Å². The number of rotatable bonds is 5. The molecule has 2 rings (SSSR count). The minimum Gasteiger partial charge on any atom is -0.394 e. The number of halogens is 2. The molecule has 1 aliphatic rings. The van der Waals surface area contributed by atoms with Crippen LogP contribution in [-0.2, 0) is 11.3 Å². The second-order valence-corrected chi connectivity index (χ2v) is 5.46. The van der Waals surface area contributed by atoms with Crippen molar-refractivity contribution in [2.45, 2.75) is 25.5 Å². The zero-order valence-corrected chi connectivity index (χ0v) is 12.2. The summed E-state index contributed by atoms with van der Waals surface area (Å²) in [6.45, 7) is 3.24. The molecule has 0 bridgehead atoms. The maximum atomic E-state index is 8.73. The second-order valence-electron chi connectivity index (χ2n) is 4.67. The van der Waals surface area contributed by atoms with Gasteiger partial charge in [0.25, 0.3) is 0 Å². The molecule has 0 amide bonds. The zero-order chi connectivity index (χ0) is 13.7. The van der Waals surface area contributed by atoms with E-state index in [9.17, 15) is 0 Å². The summed E-state index contributed by atoms with van der Waals surface area (Å²) >= 11 is 11.9. The summed E-state index contributed by atoms with van der Waals surface area (Å²) in [7, 11) is 0. The quantitative estimate of drug-likeness (QED) is 0.848.